The van der Waals surface area contributed by atoms with Crippen LogP contribution >= 0.6 is 0 Å². The molecule has 0 radical (unpaired) electrons. The van der Waals surface area contributed by atoms with Gasteiger partial charge in [0.1, 0.15) is 29.1 Å². The third-order valence-electron chi connectivity index (χ3n) is 2.54. The summed E-state index contributed by atoms with van der Waals surface area (Å²) in [5, 5.41) is 11.9. The maximum Gasteiger partial charge on any atom is 0.146 e. The van der Waals surface area contributed by atoms with Crippen molar-refractivity contribution in [2.24, 2.45) is 0 Å². The van der Waals surface area contributed by atoms with Crippen LogP contribution in [0, 0.1) is 11.3 Å². The summed E-state index contributed by atoms with van der Waals surface area (Å²) in [6.45, 7) is 0. The Kier molecular flexibility index (Phi) is 3.84. The van der Waals surface area contributed by atoms with Gasteiger partial charge in [0.15, 0.2) is 0 Å². The van der Waals surface area contributed by atoms with Gasteiger partial charge in [-0.1, -0.05) is 6.07 Å². The molecule has 0 saturated heterocycles. The topological polar surface area (TPSA) is 67.2 Å². The molecular formula is C14H13N3O2. The zero-order chi connectivity index (χ0) is 13.7. The van der Waals surface area contributed by atoms with Gasteiger partial charge in [0.05, 0.1) is 19.9 Å². The standard InChI is InChI=1S/C14H13N3O2/c1-18-11-6-7-12(13(8-11)19-2)17-14-5-3-4-10(9-15)16-14/h3-8H,1-2H3,(H,16,17). The van der Waals surface area contributed by atoms with Crippen molar-refractivity contribution in [3.63, 3.8) is 0 Å². The van der Waals surface area contributed by atoms with Crippen LogP contribution in [0.3, 0.4) is 0 Å². The van der Waals surface area contributed by atoms with Crippen molar-refractivity contribution in [2.75, 3.05) is 19.5 Å². The van der Waals surface area contributed by atoms with Crippen LogP contribution in [0.2, 0.25) is 0 Å². The van der Waals surface area contributed by atoms with Crippen molar-refractivity contribution in [2.45, 2.75) is 0 Å². The molecule has 1 heterocycles. The first-order valence-electron chi connectivity index (χ1n) is 5.63. The summed E-state index contributed by atoms with van der Waals surface area (Å²) in [6, 6.07) is 12.6. The number of aromatic nitrogens is 1. The fourth-order valence-corrected chi connectivity index (χ4v) is 1.61. The van der Waals surface area contributed by atoms with Gasteiger partial charge >= 0.3 is 0 Å². The van der Waals surface area contributed by atoms with Crippen LogP contribution in [0.1, 0.15) is 5.69 Å². The molecule has 19 heavy (non-hydrogen) atoms. The fraction of sp³-hybridized carbons (Fsp3) is 0.143. The van der Waals surface area contributed by atoms with Crippen LogP contribution in [0.25, 0.3) is 0 Å². The maximum atomic E-state index is 8.82. The third kappa shape index (κ3) is 2.93. The summed E-state index contributed by atoms with van der Waals surface area (Å²) in [7, 11) is 3.18. The van der Waals surface area contributed by atoms with E-state index in [1.165, 1.54) is 0 Å². The highest BCUT2D eigenvalue weighted by molar-refractivity contribution is 5.65. The molecule has 0 atom stereocenters. The Bertz CT molecular complexity index is 620. The zero-order valence-corrected chi connectivity index (χ0v) is 10.7. The number of nitrogens with zero attached hydrogens (tertiary/aromatic N) is 2. The van der Waals surface area contributed by atoms with E-state index in [-0.39, 0.29) is 0 Å². The summed E-state index contributed by atoms with van der Waals surface area (Å²) >= 11 is 0. The first-order valence-corrected chi connectivity index (χ1v) is 5.63. The summed E-state index contributed by atoms with van der Waals surface area (Å²) in [6.07, 6.45) is 0. The molecule has 2 aromatic rings. The molecule has 0 fully saturated rings. The highest BCUT2D eigenvalue weighted by Gasteiger charge is 2.06. The second-order valence-corrected chi connectivity index (χ2v) is 3.71. The van der Waals surface area contributed by atoms with Crippen molar-refractivity contribution in [1.29, 1.82) is 5.26 Å². The molecular weight excluding hydrogens is 242 g/mol. The van der Waals surface area contributed by atoms with E-state index >= 15 is 0 Å². The number of nitriles is 1. The minimum atomic E-state index is 0.359. The number of rotatable bonds is 4. The second-order valence-electron chi connectivity index (χ2n) is 3.71. The fourth-order valence-electron chi connectivity index (χ4n) is 1.61. The molecule has 0 saturated carbocycles. The Morgan fingerprint density at radius 2 is 2.00 bits per heavy atom. The van der Waals surface area contributed by atoms with E-state index in [2.05, 4.69) is 10.3 Å². The normalized spacial score (nSPS) is 9.53. The second kappa shape index (κ2) is 5.74. The first kappa shape index (κ1) is 12.7. The smallest absolute Gasteiger partial charge is 0.146 e. The monoisotopic (exact) mass is 255 g/mol. The molecule has 96 valence electrons. The number of nitrogens with one attached hydrogen (secondary N) is 1. The van der Waals surface area contributed by atoms with E-state index < -0.39 is 0 Å². The highest BCUT2D eigenvalue weighted by atomic mass is 16.5. The van der Waals surface area contributed by atoms with E-state index in [9.17, 15) is 0 Å². The van der Waals surface area contributed by atoms with Crippen LogP contribution in [0.15, 0.2) is 36.4 Å². The molecule has 0 unspecified atom stereocenters. The van der Waals surface area contributed by atoms with Gasteiger partial charge in [-0.15, -0.1) is 0 Å². The lowest BCUT2D eigenvalue weighted by atomic mass is 10.2. The average Bonchev–Trinajstić information content (AvgIpc) is 2.48. The summed E-state index contributed by atoms with van der Waals surface area (Å²) in [4.78, 5) is 4.15. The average molecular weight is 255 g/mol. The van der Waals surface area contributed by atoms with Gasteiger partial charge in [-0.3, -0.25) is 0 Å². The molecule has 5 nitrogen and oxygen atoms in total. The number of methoxy groups -OCH3 is 2. The molecule has 1 aromatic heterocycles. The van der Waals surface area contributed by atoms with Crippen molar-refractivity contribution >= 4 is 11.5 Å². The maximum absolute atomic E-state index is 8.82. The van der Waals surface area contributed by atoms with E-state index in [0.717, 1.165) is 5.69 Å². The number of benzene rings is 1. The Balaban J connectivity index is 2.30. The number of anilines is 2. The Hall–Kier alpha value is -2.74. The number of hydrogen-bond donors (Lipinski definition) is 1. The molecule has 5 heteroatoms. The summed E-state index contributed by atoms with van der Waals surface area (Å²) < 4.78 is 10.4. The summed E-state index contributed by atoms with van der Waals surface area (Å²) in [5.41, 5.74) is 1.11. The minimum Gasteiger partial charge on any atom is -0.497 e. The summed E-state index contributed by atoms with van der Waals surface area (Å²) in [5.74, 6) is 1.94. The van der Waals surface area contributed by atoms with Gasteiger partial charge in [-0.25, -0.2) is 4.98 Å². The molecule has 0 bridgehead atoms. The Morgan fingerprint density at radius 3 is 2.68 bits per heavy atom. The molecule has 1 aromatic carbocycles. The molecule has 0 aliphatic rings. The van der Waals surface area contributed by atoms with Crippen molar-refractivity contribution in [3.05, 3.63) is 42.1 Å². The molecule has 0 aliphatic carbocycles. The van der Waals surface area contributed by atoms with Crippen LogP contribution < -0.4 is 14.8 Å². The quantitative estimate of drug-likeness (QED) is 0.909. The van der Waals surface area contributed by atoms with Crippen LogP contribution in [0.5, 0.6) is 11.5 Å². The molecule has 1 N–H and O–H groups in total. The Morgan fingerprint density at radius 1 is 1.16 bits per heavy atom. The molecule has 2 rings (SSSR count). The number of pyridine rings is 1. The van der Waals surface area contributed by atoms with E-state index in [4.69, 9.17) is 14.7 Å². The molecule has 0 spiro atoms. The van der Waals surface area contributed by atoms with Gasteiger partial charge in [0, 0.05) is 6.07 Å². The van der Waals surface area contributed by atoms with Crippen LogP contribution in [-0.4, -0.2) is 19.2 Å². The predicted octanol–water partition coefficient (Wildman–Crippen LogP) is 2.71. The predicted molar refractivity (Wildman–Crippen MR) is 71.8 cm³/mol. The van der Waals surface area contributed by atoms with Crippen molar-refractivity contribution in [3.8, 4) is 17.6 Å². The molecule has 0 amide bonds. The van der Waals surface area contributed by atoms with Gasteiger partial charge in [0.25, 0.3) is 0 Å². The highest BCUT2D eigenvalue weighted by Crippen LogP contribution is 2.30. The van der Waals surface area contributed by atoms with Crippen LogP contribution in [-0.2, 0) is 0 Å². The van der Waals surface area contributed by atoms with E-state index in [0.29, 0.717) is 23.0 Å². The van der Waals surface area contributed by atoms with Crippen LogP contribution in [0.4, 0.5) is 11.5 Å². The first-order chi connectivity index (χ1) is 9.26. The largest absolute Gasteiger partial charge is 0.497 e. The van der Waals surface area contributed by atoms with Gasteiger partial charge in [-0.05, 0) is 24.3 Å². The van der Waals surface area contributed by atoms with Gasteiger partial charge in [-0.2, -0.15) is 5.26 Å². The van der Waals surface area contributed by atoms with Gasteiger partial charge in [0.2, 0.25) is 0 Å². The SMILES string of the molecule is COc1ccc(Nc2cccc(C#N)n2)c(OC)c1. The zero-order valence-electron chi connectivity index (χ0n) is 10.7. The Labute approximate surface area is 111 Å². The molecule has 0 aliphatic heterocycles. The minimum absolute atomic E-state index is 0.359. The van der Waals surface area contributed by atoms with Crippen molar-refractivity contribution < 1.29 is 9.47 Å². The van der Waals surface area contributed by atoms with E-state index in [1.807, 2.05) is 18.2 Å². The van der Waals surface area contributed by atoms with Gasteiger partial charge < -0.3 is 14.8 Å². The lowest BCUT2D eigenvalue weighted by molar-refractivity contribution is 0.395. The lowest BCUT2D eigenvalue weighted by Gasteiger charge is -2.11. The lowest BCUT2D eigenvalue weighted by Crippen LogP contribution is -1.98. The van der Waals surface area contributed by atoms with Crippen molar-refractivity contribution in [1.82, 2.24) is 4.98 Å². The van der Waals surface area contributed by atoms with E-state index in [1.54, 1.807) is 38.5 Å². The number of hydrogen-bond acceptors (Lipinski definition) is 5. The number of ether oxygens (including phenoxy) is 2. The third-order valence-corrected chi connectivity index (χ3v) is 2.54.